The predicted molar refractivity (Wildman–Crippen MR) is 131 cm³/mol. The van der Waals surface area contributed by atoms with Crippen molar-refractivity contribution < 1.29 is 9.84 Å². The van der Waals surface area contributed by atoms with Crippen LogP contribution in [0.5, 0.6) is 5.75 Å². The molecular formula is C27H33N3O2. The summed E-state index contributed by atoms with van der Waals surface area (Å²) in [5, 5.41) is 15.6. The van der Waals surface area contributed by atoms with Gasteiger partial charge in [0, 0.05) is 37.6 Å². The Morgan fingerprint density at radius 1 is 1.22 bits per heavy atom. The van der Waals surface area contributed by atoms with Gasteiger partial charge in [-0.15, -0.1) is 0 Å². The van der Waals surface area contributed by atoms with Gasteiger partial charge in [-0.1, -0.05) is 42.5 Å². The van der Waals surface area contributed by atoms with E-state index in [9.17, 15) is 5.11 Å². The Morgan fingerprint density at radius 2 is 2.09 bits per heavy atom. The molecule has 2 heterocycles. The van der Waals surface area contributed by atoms with Gasteiger partial charge in [-0.25, -0.2) is 0 Å². The highest BCUT2D eigenvalue weighted by Crippen LogP contribution is 2.25. The first kappa shape index (κ1) is 22.5. The number of benzene rings is 2. The van der Waals surface area contributed by atoms with Gasteiger partial charge >= 0.3 is 0 Å². The summed E-state index contributed by atoms with van der Waals surface area (Å²) < 4.78 is 5.38. The summed E-state index contributed by atoms with van der Waals surface area (Å²) in [7, 11) is 1.67. The van der Waals surface area contributed by atoms with Crippen molar-refractivity contribution in [3.05, 3.63) is 78.0 Å². The first-order valence-electron chi connectivity index (χ1n) is 11.5. The second-order valence-corrected chi connectivity index (χ2v) is 8.51. The van der Waals surface area contributed by atoms with Gasteiger partial charge < -0.3 is 15.2 Å². The molecule has 0 radical (unpaired) electrons. The molecule has 2 N–H and O–H groups in total. The topological polar surface area (TPSA) is 57.6 Å². The summed E-state index contributed by atoms with van der Waals surface area (Å²) >= 11 is 0. The minimum absolute atomic E-state index is 0.493. The van der Waals surface area contributed by atoms with Crippen molar-refractivity contribution in [1.82, 2.24) is 15.2 Å². The third-order valence-electron chi connectivity index (χ3n) is 6.22. The van der Waals surface area contributed by atoms with Gasteiger partial charge in [-0.2, -0.15) is 0 Å². The number of rotatable bonds is 9. The van der Waals surface area contributed by atoms with Gasteiger partial charge in [0.25, 0.3) is 0 Å². The zero-order chi connectivity index (χ0) is 22.2. The Bertz CT molecular complexity index is 1020. The molecule has 3 aromatic rings. The number of fused-ring (bicyclic) bond motifs is 1. The van der Waals surface area contributed by atoms with Gasteiger partial charge in [0.1, 0.15) is 12.0 Å². The van der Waals surface area contributed by atoms with Crippen molar-refractivity contribution in [1.29, 1.82) is 0 Å². The Morgan fingerprint density at radius 3 is 2.94 bits per heavy atom. The quantitative estimate of drug-likeness (QED) is 0.499. The van der Waals surface area contributed by atoms with E-state index in [4.69, 9.17) is 4.74 Å². The molecule has 0 aliphatic carbocycles. The first-order chi connectivity index (χ1) is 15.7. The highest BCUT2D eigenvalue weighted by atomic mass is 16.5. The van der Waals surface area contributed by atoms with Crippen LogP contribution in [0.1, 0.15) is 24.0 Å². The molecule has 32 heavy (non-hydrogen) atoms. The summed E-state index contributed by atoms with van der Waals surface area (Å²) in [5.41, 5.74) is 3.26. The van der Waals surface area contributed by atoms with Crippen LogP contribution in [0.2, 0.25) is 0 Å². The number of aromatic nitrogens is 1. The lowest BCUT2D eigenvalue weighted by molar-refractivity contribution is -0.0204. The lowest BCUT2D eigenvalue weighted by Crippen LogP contribution is -2.46. The van der Waals surface area contributed by atoms with E-state index in [1.54, 1.807) is 7.11 Å². The number of likely N-dealkylation sites (tertiary alicyclic amines) is 1. The molecule has 5 nitrogen and oxygen atoms in total. The van der Waals surface area contributed by atoms with Gasteiger partial charge in [0.15, 0.2) is 0 Å². The fraction of sp³-hybridized carbons (Fsp3) is 0.370. The minimum atomic E-state index is -0.493. The molecule has 0 amide bonds. The molecule has 2 unspecified atom stereocenters. The average Bonchev–Trinajstić information content (AvgIpc) is 2.84. The fourth-order valence-corrected chi connectivity index (χ4v) is 4.48. The van der Waals surface area contributed by atoms with Crippen LogP contribution in [0, 0.1) is 5.92 Å². The number of nitrogens with one attached hydrogen (secondary N) is 1. The standard InChI is InChI=1S/C27H33N3O2/c1-32-24-11-12-26-25(18-24)23(13-15-29-26)17-27(31)30-16-6-10-22(20-30)19-28-14-5-9-21-7-3-2-4-8-21/h2-5,7-9,11-13,15,18,22,27-28,31H,6,10,14,16-17,19-20H2,1H3. The van der Waals surface area contributed by atoms with E-state index in [1.165, 1.54) is 12.0 Å². The molecule has 0 bridgehead atoms. The summed E-state index contributed by atoms with van der Waals surface area (Å²) in [4.78, 5) is 6.68. The number of methoxy groups -OCH3 is 1. The summed E-state index contributed by atoms with van der Waals surface area (Å²) in [6.45, 7) is 3.69. The van der Waals surface area contributed by atoms with Crippen LogP contribution in [0.15, 0.2) is 66.9 Å². The van der Waals surface area contributed by atoms with Crippen molar-refractivity contribution in [3.63, 3.8) is 0 Å². The third-order valence-corrected chi connectivity index (χ3v) is 6.22. The molecule has 0 spiro atoms. The number of hydrogen-bond donors (Lipinski definition) is 2. The van der Waals surface area contributed by atoms with E-state index < -0.39 is 6.23 Å². The maximum absolute atomic E-state index is 11.0. The first-order valence-corrected chi connectivity index (χ1v) is 11.5. The Balaban J connectivity index is 1.29. The SMILES string of the molecule is COc1ccc2nccc(CC(O)N3CCCC(CNCC=Cc4ccccc4)C3)c2c1. The number of piperidine rings is 1. The van der Waals surface area contributed by atoms with Gasteiger partial charge in [-0.3, -0.25) is 9.88 Å². The van der Waals surface area contributed by atoms with Crippen LogP contribution in [0.25, 0.3) is 17.0 Å². The number of hydrogen-bond acceptors (Lipinski definition) is 5. The molecule has 1 aromatic heterocycles. The molecular weight excluding hydrogens is 398 g/mol. The number of pyridine rings is 1. The van der Waals surface area contributed by atoms with E-state index in [0.29, 0.717) is 12.3 Å². The summed E-state index contributed by atoms with van der Waals surface area (Å²) in [6, 6.07) is 18.3. The molecule has 1 aliphatic rings. The van der Waals surface area contributed by atoms with E-state index >= 15 is 0 Å². The maximum Gasteiger partial charge on any atom is 0.119 e. The zero-order valence-corrected chi connectivity index (χ0v) is 18.8. The highest BCUT2D eigenvalue weighted by Gasteiger charge is 2.25. The monoisotopic (exact) mass is 431 g/mol. The van der Waals surface area contributed by atoms with Crippen molar-refractivity contribution in [2.45, 2.75) is 25.5 Å². The van der Waals surface area contributed by atoms with Crippen LogP contribution in [0.4, 0.5) is 0 Å². The number of nitrogens with zero attached hydrogens (tertiary/aromatic N) is 2. The van der Waals surface area contributed by atoms with Crippen LogP contribution < -0.4 is 10.1 Å². The average molecular weight is 432 g/mol. The van der Waals surface area contributed by atoms with E-state index in [0.717, 1.165) is 54.8 Å². The second kappa shape index (κ2) is 11.2. The molecule has 168 valence electrons. The maximum atomic E-state index is 11.0. The highest BCUT2D eigenvalue weighted by molar-refractivity contribution is 5.83. The molecule has 1 aliphatic heterocycles. The second-order valence-electron chi connectivity index (χ2n) is 8.51. The molecule has 2 aromatic carbocycles. The molecule has 1 saturated heterocycles. The lowest BCUT2D eigenvalue weighted by Gasteiger charge is -2.36. The smallest absolute Gasteiger partial charge is 0.119 e. The number of aliphatic hydroxyl groups excluding tert-OH is 1. The van der Waals surface area contributed by atoms with Gasteiger partial charge in [0.05, 0.1) is 12.6 Å². The largest absolute Gasteiger partial charge is 0.497 e. The van der Waals surface area contributed by atoms with Crippen molar-refractivity contribution in [3.8, 4) is 5.75 Å². The molecule has 1 fully saturated rings. The Kier molecular flexibility index (Phi) is 7.88. The van der Waals surface area contributed by atoms with Crippen LogP contribution >= 0.6 is 0 Å². The Hall–Kier alpha value is -2.73. The predicted octanol–water partition coefficient (Wildman–Crippen LogP) is 4.12. The van der Waals surface area contributed by atoms with Crippen LogP contribution in [0.3, 0.4) is 0 Å². The summed E-state index contributed by atoms with van der Waals surface area (Å²) in [5.74, 6) is 1.37. The molecule has 5 heteroatoms. The fourth-order valence-electron chi connectivity index (χ4n) is 4.48. The number of aliphatic hydroxyl groups is 1. The molecule has 4 rings (SSSR count). The van der Waals surface area contributed by atoms with Crippen molar-refractivity contribution >= 4 is 17.0 Å². The Labute approximate surface area is 190 Å². The minimum Gasteiger partial charge on any atom is -0.497 e. The van der Waals surface area contributed by atoms with Crippen molar-refractivity contribution in [2.75, 3.05) is 33.3 Å². The van der Waals surface area contributed by atoms with Crippen LogP contribution in [-0.4, -0.2) is 54.5 Å². The van der Waals surface area contributed by atoms with Gasteiger partial charge in [-0.05, 0) is 60.7 Å². The third kappa shape index (κ3) is 5.94. The van der Waals surface area contributed by atoms with E-state index in [1.807, 2.05) is 36.5 Å². The molecule has 2 atom stereocenters. The van der Waals surface area contributed by atoms with Crippen LogP contribution in [-0.2, 0) is 6.42 Å². The van der Waals surface area contributed by atoms with Gasteiger partial charge in [0.2, 0.25) is 0 Å². The molecule has 0 saturated carbocycles. The van der Waals surface area contributed by atoms with E-state index in [-0.39, 0.29) is 0 Å². The summed E-state index contributed by atoms with van der Waals surface area (Å²) in [6.07, 6.45) is 8.57. The zero-order valence-electron chi connectivity index (χ0n) is 18.8. The lowest BCUT2D eigenvalue weighted by atomic mass is 9.96. The number of ether oxygens (including phenoxy) is 1. The van der Waals surface area contributed by atoms with E-state index in [2.05, 4.69) is 51.6 Å². The van der Waals surface area contributed by atoms with Crippen molar-refractivity contribution in [2.24, 2.45) is 5.92 Å². The normalized spacial score (nSPS) is 18.2.